The van der Waals surface area contributed by atoms with Crippen molar-refractivity contribution in [3.63, 3.8) is 0 Å². The number of nitrogens with zero attached hydrogens (tertiary/aromatic N) is 1. The van der Waals surface area contributed by atoms with Gasteiger partial charge in [-0.15, -0.1) is 11.3 Å². The molecule has 1 fully saturated rings. The van der Waals surface area contributed by atoms with Crippen molar-refractivity contribution < 1.29 is 0 Å². The Bertz CT molecular complexity index is 551. The average molecular weight is 357 g/mol. The van der Waals surface area contributed by atoms with E-state index >= 15 is 0 Å². The number of hydrogen-bond acceptors (Lipinski definition) is 2. The molecular weight excluding hydrogens is 342 g/mol. The number of thiophene rings is 1. The zero-order chi connectivity index (χ0) is 13.2. The van der Waals surface area contributed by atoms with E-state index in [0.717, 1.165) is 16.9 Å². The van der Waals surface area contributed by atoms with Gasteiger partial charge in [0.05, 0.1) is 6.54 Å². The summed E-state index contributed by atoms with van der Waals surface area (Å²) in [5.41, 5.74) is 2.59. The Kier molecular flexibility index (Phi) is 4.15. The molecule has 0 saturated heterocycles. The number of hydrogen-bond donors (Lipinski definition) is 0. The summed E-state index contributed by atoms with van der Waals surface area (Å²) in [6, 6.07) is 11.2. The molecule has 3 rings (SSSR count). The summed E-state index contributed by atoms with van der Waals surface area (Å²) in [6.07, 6.45) is 2.58. The molecule has 0 atom stereocenters. The molecule has 19 heavy (non-hydrogen) atoms. The van der Waals surface area contributed by atoms with Crippen LogP contribution in [0.25, 0.3) is 0 Å². The topological polar surface area (TPSA) is 3.24 Å². The smallest absolute Gasteiger partial charge is 0.0526 e. The SMILES string of the molecule is Clc1ccc(CBr)c(N(Cc2cccs2)C2CC2)c1. The molecule has 1 aromatic heterocycles. The Morgan fingerprint density at radius 3 is 2.79 bits per heavy atom. The van der Waals surface area contributed by atoms with Gasteiger partial charge in [0.2, 0.25) is 0 Å². The van der Waals surface area contributed by atoms with Gasteiger partial charge < -0.3 is 4.90 Å². The molecule has 0 unspecified atom stereocenters. The first-order valence-electron chi connectivity index (χ1n) is 6.41. The van der Waals surface area contributed by atoms with Crippen LogP contribution in [0.15, 0.2) is 35.7 Å². The molecule has 1 aliphatic rings. The van der Waals surface area contributed by atoms with Crippen LogP contribution in [0.4, 0.5) is 5.69 Å². The van der Waals surface area contributed by atoms with Crippen LogP contribution in [0.5, 0.6) is 0 Å². The van der Waals surface area contributed by atoms with Gasteiger partial charge in [-0.2, -0.15) is 0 Å². The van der Waals surface area contributed by atoms with Crippen molar-refractivity contribution in [2.24, 2.45) is 0 Å². The molecule has 4 heteroatoms. The highest BCUT2D eigenvalue weighted by Gasteiger charge is 2.30. The summed E-state index contributed by atoms with van der Waals surface area (Å²) >= 11 is 11.6. The van der Waals surface area contributed by atoms with Crippen LogP contribution in [0.1, 0.15) is 23.3 Å². The number of alkyl halides is 1. The van der Waals surface area contributed by atoms with Crippen LogP contribution in [-0.2, 0) is 11.9 Å². The predicted molar refractivity (Wildman–Crippen MR) is 87.6 cm³/mol. The maximum atomic E-state index is 6.19. The molecule has 0 aliphatic heterocycles. The van der Waals surface area contributed by atoms with Crippen LogP contribution in [0.2, 0.25) is 5.02 Å². The molecule has 0 N–H and O–H groups in total. The van der Waals surface area contributed by atoms with Crippen molar-refractivity contribution in [1.82, 2.24) is 0 Å². The molecule has 0 amide bonds. The largest absolute Gasteiger partial charge is 0.363 e. The van der Waals surface area contributed by atoms with Crippen LogP contribution < -0.4 is 4.90 Å². The van der Waals surface area contributed by atoms with E-state index in [0.29, 0.717) is 6.04 Å². The molecule has 1 saturated carbocycles. The second-order valence-electron chi connectivity index (χ2n) is 4.85. The standard InChI is InChI=1S/C15H15BrClNS/c16-9-11-3-4-12(17)8-15(11)18(13-5-6-13)10-14-2-1-7-19-14/h1-4,7-8,13H,5-6,9-10H2. The summed E-state index contributed by atoms with van der Waals surface area (Å²) < 4.78 is 0. The molecule has 1 aliphatic carbocycles. The highest BCUT2D eigenvalue weighted by atomic mass is 79.9. The summed E-state index contributed by atoms with van der Waals surface area (Å²) in [4.78, 5) is 3.92. The molecule has 0 radical (unpaired) electrons. The maximum Gasteiger partial charge on any atom is 0.0526 e. The molecule has 0 spiro atoms. The number of rotatable bonds is 5. The fraction of sp³-hybridized carbons (Fsp3) is 0.333. The molecule has 1 nitrogen and oxygen atoms in total. The van der Waals surface area contributed by atoms with Crippen LogP contribution >= 0.6 is 38.9 Å². The van der Waals surface area contributed by atoms with E-state index in [9.17, 15) is 0 Å². The van der Waals surface area contributed by atoms with Crippen molar-refractivity contribution in [2.75, 3.05) is 4.90 Å². The summed E-state index contributed by atoms with van der Waals surface area (Å²) in [5, 5.41) is 3.83. The molecule has 2 aromatic rings. The lowest BCUT2D eigenvalue weighted by Gasteiger charge is -2.26. The van der Waals surface area contributed by atoms with Gasteiger partial charge >= 0.3 is 0 Å². The molecule has 0 bridgehead atoms. The summed E-state index contributed by atoms with van der Waals surface area (Å²) in [5.74, 6) is 0. The van der Waals surface area contributed by atoms with Crippen molar-refractivity contribution in [3.8, 4) is 0 Å². The lowest BCUT2D eigenvalue weighted by atomic mass is 10.1. The van der Waals surface area contributed by atoms with Crippen molar-refractivity contribution in [2.45, 2.75) is 30.8 Å². The highest BCUT2D eigenvalue weighted by Crippen LogP contribution is 2.37. The summed E-state index contributed by atoms with van der Waals surface area (Å²) in [6.45, 7) is 0.989. The highest BCUT2D eigenvalue weighted by molar-refractivity contribution is 9.08. The van der Waals surface area contributed by atoms with Crippen molar-refractivity contribution in [3.05, 3.63) is 51.2 Å². The monoisotopic (exact) mass is 355 g/mol. The normalized spacial score (nSPS) is 14.6. The van der Waals surface area contributed by atoms with Gasteiger partial charge in [-0.25, -0.2) is 0 Å². The molecule has 100 valence electrons. The van der Waals surface area contributed by atoms with E-state index in [4.69, 9.17) is 11.6 Å². The van der Waals surface area contributed by atoms with E-state index in [1.54, 1.807) is 0 Å². The Balaban J connectivity index is 1.93. The van der Waals surface area contributed by atoms with Crippen molar-refractivity contribution >= 4 is 44.6 Å². The van der Waals surface area contributed by atoms with E-state index in [-0.39, 0.29) is 0 Å². The number of halogens is 2. The fourth-order valence-electron chi connectivity index (χ4n) is 2.28. The van der Waals surface area contributed by atoms with Gasteiger partial charge in [0.25, 0.3) is 0 Å². The minimum atomic E-state index is 0.679. The Labute approximate surface area is 131 Å². The fourth-order valence-corrected chi connectivity index (χ4v) is 3.63. The number of anilines is 1. The second kappa shape index (κ2) is 5.86. The Hall–Kier alpha value is -0.510. The second-order valence-corrected chi connectivity index (χ2v) is 6.87. The van der Waals surface area contributed by atoms with Gasteiger partial charge in [-0.3, -0.25) is 0 Å². The summed E-state index contributed by atoms with van der Waals surface area (Å²) in [7, 11) is 0. The molecule has 1 heterocycles. The minimum Gasteiger partial charge on any atom is -0.363 e. The third kappa shape index (κ3) is 3.15. The zero-order valence-corrected chi connectivity index (χ0v) is 13.6. The lowest BCUT2D eigenvalue weighted by molar-refractivity contribution is 0.799. The van der Waals surface area contributed by atoms with Gasteiger partial charge in [-0.05, 0) is 42.0 Å². The third-order valence-electron chi connectivity index (χ3n) is 3.39. The Morgan fingerprint density at radius 1 is 1.32 bits per heavy atom. The van der Waals surface area contributed by atoms with E-state index < -0.39 is 0 Å². The first kappa shape index (κ1) is 13.5. The third-order valence-corrected chi connectivity index (χ3v) is 5.10. The van der Waals surface area contributed by atoms with E-state index in [2.05, 4.69) is 50.5 Å². The van der Waals surface area contributed by atoms with E-state index in [1.165, 1.54) is 29.0 Å². The van der Waals surface area contributed by atoms with Gasteiger partial charge in [0.1, 0.15) is 0 Å². The van der Waals surface area contributed by atoms with E-state index in [1.807, 2.05) is 17.4 Å². The number of benzene rings is 1. The van der Waals surface area contributed by atoms with Crippen molar-refractivity contribution in [1.29, 1.82) is 0 Å². The average Bonchev–Trinajstić information content (AvgIpc) is 3.13. The molecule has 1 aromatic carbocycles. The van der Waals surface area contributed by atoms with Crippen LogP contribution in [0.3, 0.4) is 0 Å². The van der Waals surface area contributed by atoms with Gasteiger partial charge in [-0.1, -0.05) is 39.7 Å². The van der Waals surface area contributed by atoms with Gasteiger partial charge in [0.15, 0.2) is 0 Å². The van der Waals surface area contributed by atoms with Crippen LogP contribution in [0, 0.1) is 0 Å². The van der Waals surface area contributed by atoms with Gasteiger partial charge in [0, 0.05) is 27.0 Å². The minimum absolute atomic E-state index is 0.679. The zero-order valence-electron chi connectivity index (χ0n) is 10.5. The lowest BCUT2D eigenvalue weighted by Crippen LogP contribution is -2.25. The first-order chi connectivity index (χ1) is 9.28. The van der Waals surface area contributed by atoms with Crippen LogP contribution in [-0.4, -0.2) is 6.04 Å². The quantitative estimate of drug-likeness (QED) is 0.642. The first-order valence-corrected chi connectivity index (χ1v) is 8.79. The Morgan fingerprint density at radius 2 is 2.16 bits per heavy atom. The predicted octanol–water partition coefficient (Wildman–Crippen LogP) is 5.47. The molecular formula is C15H15BrClNS. The maximum absolute atomic E-state index is 6.19.